The van der Waals surface area contributed by atoms with Crippen molar-refractivity contribution >= 4 is 5.91 Å². The predicted octanol–water partition coefficient (Wildman–Crippen LogP) is 0.0937. The number of rotatable bonds is 4. The Morgan fingerprint density at radius 1 is 1.25 bits per heavy atom. The maximum absolute atomic E-state index is 12.9. The van der Waals surface area contributed by atoms with Crippen LogP contribution >= 0.6 is 0 Å². The van der Waals surface area contributed by atoms with E-state index in [0.717, 1.165) is 4.68 Å². The van der Waals surface area contributed by atoms with Crippen LogP contribution in [0.1, 0.15) is 10.5 Å². The number of aromatic nitrogens is 2. The van der Waals surface area contributed by atoms with E-state index in [-0.39, 0.29) is 18.8 Å². The van der Waals surface area contributed by atoms with Gasteiger partial charge in [-0.15, -0.1) is 0 Å². The Morgan fingerprint density at radius 3 is 2.60 bits per heavy atom. The number of hydrogen-bond donors (Lipinski definition) is 2. The van der Waals surface area contributed by atoms with E-state index in [2.05, 4.69) is 10.4 Å². The van der Waals surface area contributed by atoms with Gasteiger partial charge in [-0.25, -0.2) is 4.39 Å². The molecule has 2 N–H and O–H groups in total. The SMILES string of the molecule is O=C(NCCO)c1ccc(=O)n(-c2ccc(F)cc2)n1. The van der Waals surface area contributed by atoms with Crippen molar-refractivity contribution in [3.63, 3.8) is 0 Å². The van der Waals surface area contributed by atoms with E-state index >= 15 is 0 Å². The number of hydrogen-bond acceptors (Lipinski definition) is 4. The molecule has 0 saturated heterocycles. The van der Waals surface area contributed by atoms with Gasteiger partial charge in [0.2, 0.25) is 0 Å². The summed E-state index contributed by atoms with van der Waals surface area (Å²) < 4.78 is 13.9. The third kappa shape index (κ3) is 3.07. The minimum atomic E-state index is -0.505. The van der Waals surface area contributed by atoms with Gasteiger partial charge < -0.3 is 10.4 Å². The Bertz CT molecular complexity index is 667. The third-order valence-corrected chi connectivity index (χ3v) is 2.50. The fourth-order valence-electron chi connectivity index (χ4n) is 1.56. The third-order valence-electron chi connectivity index (χ3n) is 2.50. The first kappa shape index (κ1) is 13.9. The van der Waals surface area contributed by atoms with Crippen molar-refractivity contribution in [1.29, 1.82) is 0 Å². The van der Waals surface area contributed by atoms with Gasteiger partial charge >= 0.3 is 0 Å². The van der Waals surface area contributed by atoms with E-state index in [1.807, 2.05) is 0 Å². The lowest BCUT2D eigenvalue weighted by atomic mass is 10.3. The highest BCUT2D eigenvalue weighted by Gasteiger charge is 2.10. The molecule has 0 fully saturated rings. The zero-order valence-electron chi connectivity index (χ0n) is 10.4. The molecule has 0 unspecified atom stereocenters. The summed E-state index contributed by atoms with van der Waals surface area (Å²) in [5.74, 6) is -0.937. The van der Waals surface area contributed by atoms with Gasteiger partial charge in [0.15, 0.2) is 0 Å². The number of carbonyl (C=O) groups excluding carboxylic acids is 1. The van der Waals surface area contributed by atoms with Gasteiger partial charge in [0.1, 0.15) is 11.5 Å². The first-order chi connectivity index (χ1) is 9.61. The molecule has 1 amide bonds. The fraction of sp³-hybridized carbons (Fsp3) is 0.154. The van der Waals surface area contributed by atoms with Crippen molar-refractivity contribution in [3.05, 3.63) is 58.3 Å². The number of benzene rings is 1. The minimum Gasteiger partial charge on any atom is -0.395 e. The van der Waals surface area contributed by atoms with Gasteiger partial charge in [0, 0.05) is 12.6 Å². The Hall–Kier alpha value is -2.54. The van der Waals surface area contributed by atoms with Crippen LogP contribution in [0.4, 0.5) is 4.39 Å². The molecule has 104 valence electrons. The quantitative estimate of drug-likeness (QED) is 0.829. The van der Waals surface area contributed by atoms with E-state index in [0.29, 0.717) is 5.69 Å². The first-order valence-corrected chi connectivity index (χ1v) is 5.87. The Morgan fingerprint density at radius 2 is 1.95 bits per heavy atom. The number of aliphatic hydroxyl groups is 1. The zero-order valence-corrected chi connectivity index (χ0v) is 10.4. The molecule has 0 atom stereocenters. The molecule has 0 bridgehead atoms. The van der Waals surface area contributed by atoms with Crippen LogP contribution in [-0.4, -0.2) is 33.9 Å². The average Bonchev–Trinajstić information content (AvgIpc) is 2.46. The molecule has 0 aliphatic rings. The van der Waals surface area contributed by atoms with Gasteiger partial charge in [-0.05, 0) is 30.3 Å². The summed E-state index contributed by atoms with van der Waals surface area (Å²) in [6.07, 6.45) is 0. The van der Waals surface area contributed by atoms with Crippen molar-refractivity contribution in [2.75, 3.05) is 13.2 Å². The second-order valence-electron chi connectivity index (χ2n) is 3.92. The number of nitrogens with one attached hydrogen (secondary N) is 1. The molecule has 0 spiro atoms. The number of aliphatic hydroxyl groups excluding tert-OH is 1. The summed E-state index contributed by atoms with van der Waals surface area (Å²) in [6.45, 7) is -0.0977. The normalized spacial score (nSPS) is 10.3. The monoisotopic (exact) mass is 277 g/mol. The Balaban J connectivity index is 2.36. The first-order valence-electron chi connectivity index (χ1n) is 5.87. The van der Waals surface area contributed by atoms with Crippen LogP contribution in [-0.2, 0) is 0 Å². The number of amides is 1. The highest BCUT2D eigenvalue weighted by molar-refractivity contribution is 5.92. The lowest BCUT2D eigenvalue weighted by Gasteiger charge is -2.07. The second-order valence-corrected chi connectivity index (χ2v) is 3.92. The molecule has 2 aromatic rings. The van der Waals surface area contributed by atoms with Gasteiger partial charge in [0.25, 0.3) is 11.5 Å². The van der Waals surface area contributed by atoms with Crippen molar-refractivity contribution in [2.24, 2.45) is 0 Å². The van der Waals surface area contributed by atoms with Gasteiger partial charge in [-0.3, -0.25) is 9.59 Å². The molecule has 6 nitrogen and oxygen atoms in total. The molecule has 0 aliphatic heterocycles. The summed E-state index contributed by atoms with van der Waals surface area (Å²) in [6, 6.07) is 7.65. The summed E-state index contributed by atoms with van der Waals surface area (Å²) in [4.78, 5) is 23.4. The molecule has 7 heteroatoms. The van der Waals surface area contributed by atoms with E-state index in [1.54, 1.807) is 0 Å². The molecule has 0 saturated carbocycles. The van der Waals surface area contributed by atoms with Gasteiger partial charge in [-0.2, -0.15) is 9.78 Å². The zero-order chi connectivity index (χ0) is 14.5. The van der Waals surface area contributed by atoms with Crippen molar-refractivity contribution < 1.29 is 14.3 Å². The molecule has 2 rings (SSSR count). The number of halogens is 1. The number of nitrogens with zero attached hydrogens (tertiary/aromatic N) is 2. The molecule has 20 heavy (non-hydrogen) atoms. The Labute approximate surface area is 113 Å². The lowest BCUT2D eigenvalue weighted by Crippen LogP contribution is -2.30. The van der Waals surface area contributed by atoms with E-state index in [4.69, 9.17) is 5.11 Å². The van der Waals surface area contributed by atoms with Crippen LogP contribution in [0.5, 0.6) is 0 Å². The van der Waals surface area contributed by atoms with E-state index in [9.17, 15) is 14.0 Å². The summed E-state index contributed by atoms with van der Waals surface area (Å²) in [5, 5.41) is 15.0. The summed E-state index contributed by atoms with van der Waals surface area (Å²) in [7, 11) is 0. The summed E-state index contributed by atoms with van der Waals surface area (Å²) >= 11 is 0. The second kappa shape index (κ2) is 6.07. The molecular formula is C13H12FN3O3. The molecular weight excluding hydrogens is 265 g/mol. The van der Waals surface area contributed by atoms with Crippen LogP contribution in [0.2, 0.25) is 0 Å². The molecule has 1 aromatic heterocycles. The standard InChI is InChI=1S/C13H12FN3O3/c14-9-1-3-10(4-2-9)17-12(19)6-5-11(16-17)13(20)15-7-8-18/h1-6,18H,7-8H2,(H,15,20). The minimum absolute atomic E-state index is 0.0300. The highest BCUT2D eigenvalue weighted by atomic mass is 19.1. The van der Waals surface area contributed by atoms with Gasteiger partial charge in [0.05, 0.1) is 12.3 Å². The van der Waals surface area contributed by atoms with Crippen molar-refractivity contribution in [2.45, 2.75) is 0 Å². The topological polar surface area (TPSA) is 84.2 Å². The van der Waals surface area contributed by atoms with Crippen LogP contribution in [0.15, 0.2) is 41.2 Å². The highest BCUT2D eigenvalue weighted by Crippen LogP contribution is 2.05. The predicted molar refractivity (Wildman–Crippen MR) is 69.2 cm³/mol. The average molecular weight is 277 g/mol. The van der Waals surface area contributed by atoms with Gasteiger partial charge in [-0.1, -0.05) is 0 Å². The molecule has 1 heterocycles. The van der Waals surface area contributed by atoms with Crippen LogP contribution in [0, 0.1) is 5.82 Å². The summed E-state index contributed by atoms with van der Waals surface area (Å²) in [5.41, 5.74) is -0.0501. The van der Waals surface area contributed by atoms with Crippen molar-refractivity contribution in [1.82, 2.24) is 15.1 Å². The molecule has 1 aromatic carbocycles. The Kier molecular flexibility index (Phi) is 4.21. The van der Waals surface area contributed by atoms with E-state index in [1.165, 1.54) is 36.4 Å². The van der Waals surface area contributed by atoms with Crippen LogP contribution in [0.25, 0.3) is 5.69 Å². The van der Waals surface area contributed by atoms with Crippen LogP contribution < -0.4 is 10.9 Å². The smallest absolute Gasteiger partial charge is 0.271 e. The largest absolute Gasteiger partial charge is 0.395 e. The molecule has 0 aliphatic carbocycles. The lowest BCUT2D eigenvalue weighted by molar-refractivity contribution is 0.0938. The van der Waals surface area contributed by atoms with Crippen LogP contribution in [0.3, 0.4) is 0 Å². The number of carbonyl (C=O) groups is 1. The maximum atomic E-state index is 12.9. The van der Waals surface area contributed by atoms with E-state index < -0.39 is 17.3 Å². The van der Waals surface area contributed by atoms with Crippen molar-refractivity contribution in [3.8, 4) is 5.69 Å². The molecule has 0 radical (unpaired) electrons. The fourth-order valence-corrected chi connectivity index (χ4v) is 1.56. The maximum Gasteiger partial charge on any atom is 0.271 e.